The fourth-order valence-electron chi connectivity index (χ4n) is 4.66. The second kappa shape index (κ2) is 11.4. The van der Waals surface area contributed by atoms with Crippen LogP contribution in [0.25, 0.3) is 0 Å². The third-order valence-electron chi connectivity index (χ3n) is 6.86. The van der Waals surface area contributed by atoms with Crippen molar-refractivity contribution >= 4 is 29.1 Å². The van der Waals surface area contributed by atoms with Gasteiger partial charge < -0.3 is 21.1 Å². The lowest BCUT2D eigenvalue weighted by atomic mass is 9.83. The van der Waals surface area contributed by atoms with E-state index in [1.165, 1.54) is 19.2 Å². The van der Waals surface area contributed by atoms with Crippen LogP contribution < -0.4 is 21.1 Å². The highest BCUT2D eigenvalue weighted by molar-refractivity contribution is 6.20. The van der Waals surface area contributed by atoms with E-state index in [0.717, 1.165) is 18.9 Å². The number of fused-ring (bicyclic) bond motifs is 1. The van der Waals surface area contributed by atoms with Gasteiger partial charge in [-0.3, -0.25) is 14.4 Å². The van der Waals surface area contributed by atoms with Crippen LogP contribution in [-0.2, 0) is 14.4 Å². The van der Waals surface area contributed by atoms with Crippen molar-refractivity contribution < 1.29 is 36.7 Å². The lowest BCUT2D eigenvalue weighted by Gasteiger charge is -2.26. The Hall–Kier alpha value is -3.96. The van der Waals surface area contributed by atoms with Gasteiger partial charge in [0, 0.05) is 29.4 Å². The molecule has 0 bridgehead atoms. The number of nitrogens with one attached hydrogen (secondary N) is 2. The van der Waals surface area contributed by atoms with Crippen LogP contribution in [0.2, 0.25) is 0 Å². The molecule has 12 heteroatoms. The maximum Gasteiger partial charge on any atom is 0.389 e. The molecule has 1 saturated carbocycles. The molecule has 0 saturated heterocycles. The topological polar surface area (TPSA) is 123 Å². The second-order valence-corrected chi connectivity index (χ2v) is 9.72. The number of para-hydroxylation sites is 1. The van der Waals surface area contributed by atoms with E-state index in [4.69, 9.17) is 10.5 Å². The van der Waals surface area contributed by atoms with Crippen LogP contribution in [0.3, 0.4) is 0 Å². The molecule has 0 spiro atoms. The van der Waals surface area contributed by atoms with Gasteiger partial charge in [0.15, 0.2) is 0 Å². The fraction of sp³-hybridized carbons (Fsp3) is 0.407. The van der Waals surface area contributed by atoms with Crippen LogP contribution in [0.1, 0.15) is 43.2 Å². The van der Waals surface area contributed by atoms with Gasteiger partial charge in [-0.1, -0.05) is 37.1 Å². The monoisotopic (exact) mass is 548 g/mol. The standard InChI is InChI=1S/C27H28F4N4O4/c1-39-16-5-2-4-15(13-16)21-18-6-3-7-20(28)22(18)34-26(38)24(33-21)35-25(37)17(10-11-27(29,30)31)19(23(32)36)12-14-8-9-14/h2-7,13-14,17,19,24H,8-12H2,1H3,(H2,32,36)(H,34,38)(H,35,37)/t17-,19+,24-/m1/s1. The molecule has 1 fully saturated rings. The number of benzene rings is 2. The van der Waals surface area contributed by atoms with Crippen LogP contribution in [-0.4, -0.2) is 42.9 Å². The molecule has 1 aliphatic carbocycles. The van der Waals surface area contributed by atoms with E-state index in [1.54, 1.807) is 24.3 Å². The predicted octanol–water partition coefficient (Wildman–Crippen LogP) is 3.93. The van der Waals surface area contributed by atoms with E-state index >= 15 is 0 Å². The minimum Gasteiger partial charge on any atom is -0.497 e. The second-order valence-electron chi connectivity index (χ2n) is 9.72. The summed E-state index contributed by atoms with van der Waals surface area (Å²) in [7, 11) is 1.45. The first-order valence-electron chi connectivity index (χ1n) is 12.4. The van der Waals surface area contributed by atoms with E-state index < -0.39 is 60.6 Å². The van der Waals surface area contributed by atoms with Gasteiger partial charge in [0.25, 0.3) is 5.91 Å². The molecule has 39 heavy (non-hydrogen) atoms. The number of alkyl halides is 3. The zero-order chi connectivity index (χ0) is 28.3. The first-order valence-corrected chi connectivity index (χ1v) is 12.4. The van der Waals surface area contributed by atoms with E-state index in [1.807, 2.05) is 0 Å². The summed E-state index contributed by atoms with van der Waals surface area (Å²) in [5, 5.41) is 4.81. The molecule has 2 aliphatic rings. The van der Waals surface area contributed by atoms with E-state index in [-0.39, 0.29) is 29.3 Å². The molecule has 2 aromatic carbocycles. The molecular weight excluding hydrogens is 520 g/mol. The molecule has 1 heterocycles. The van der Waals surface area contributed by atoms with Crippen molar-refractivity contribution in [2.24, 2.45) is 28.5 Å². The van der Waals surface area contributed by atoms with Crippen molar-refractivity contribution in [2.45, 2.75) is 44.4 Å². The number of amides is 3. The average molecular weight is 549 g/mol. The van der Waals surface area contributed by atoms with Gasteiger partial charge in [0.1, 0.15) is 11.6 Å². The highest BCUT2D eigenvalue weighted by atomic mass is 19.4. The average Bonchev–Trinajstić information content (AvgIpc) is 3.71. The van der Waals surface area contributed by atoms with Crippen LogP contribution in [0.5, 0.6) is 5.75 Å². The quantitative estimate of drug-likeness (QED) is 0.390. The number of carbonyl (C=O) groups excluding carboxylic acids is 3. The fourth-order valence-corrected chi connectivity index (χ4v) is 4.66. The third-order valence-corrected chi connectivity index (χ3v) is 6.86. The van der Waals surface area contributed by atoms with Gasteiger partial charge in [0.05, 0.1) is 18.5 Å². The van der Waals surface area contributed by atoms with Gasteiger partial charge in [-0.25, -0.2) is 9.38 Å². The van der Waals surface area contributed by atoms with Crippen molar-refractivity contribution in [1.29, 1.82) is 0 Å². The van der Waals surface area contributed by atoms with Crippen molar-refractivity contribution in [3.8, 4) is 5.75 Å². The van der Waals surface area contributed by atoms with Crippen LogP contribution in [0, 0.1) is 23.6 Å². The summed E-state index contributed by atoms with van der Waals surface area (Å²) in [6.07, 6.45) is -6.45. The largest absolute Gasteiger partial charge is 0.497 e. The Balaban J connectivity index is 1.70. The van der Waals surface area contributed by atoms with Crippen molar-refractivity contribution in [1.82, 2.24) is 5.32 Å². The summed E-state index contributed by atoms with van der Waals surface area (Å²) < 4.78 is 59.3. The van der Waals surface area contributed by atoms with Crippen LogP contribution in [0.4, 0.5) is 23.2 Å². The number of hydrogen-bond donors (Lipinski definition) is 3. The molecule has 208 valence electrons. The first-order chi connectivity index (χ1) is 18.5. The highest BCUT2D eigenvalue weighted by Gasteiger charge is 2.41. The molecule has 3 atom stereocenters. The number of carbonyl (C=O) groups is 3. The highest BCUT2D eigenvalue weighted by Crippen LogP contribution is 2.39. The first kappa shape index (κ1) is 28.1. The number of aliphatic imine (C=N–C) groups is 1. The maximum atomic E-state index is 14.8. The Bertz CT molecular complexity index is 1290. The van der Waals surface area contributed by atoms with E-state index in [9.17, 15) is 31.9 Å². The molecular formula is C27H28F4N4O4. The van der Waals surface area contributed by atoms with Gasteiger partial charge in [-0.15, -0.1) is 0 Å². The van der Waals surface area contributed by atoms with Gasteiger partial charge in [0.2, 0.25) is 18.0 Å². The number of hydrogen-bond acceptors (Lipinski definition) is 5. The number of ether oxygens (including phenoxy) is 1. The maximum absolute atomic E-state index is 14.8. The number of nitrogens with zero attached hydrogens (tertiary/aromatic N) is 1. The van der Waals surface area contributed by atoms with Gasteiger partial charge in [-0.2, -0.15) is 13.2 Å². The third kappa shape index (κ3) is 6.92. The number of methoxy groups -OCH3 is 1. The number of nitrogens with two attached hydrogens (primary N) is 1. The predicted molar refractivity (Wildman–Crippen MR) is 134 cm³/mol. The van der Waals surface area contributed by atoms with Crippen molar-refractivity contribution in [3.63, 3.8) is 0 Å². The number of primary amides is 1. The van der Waals surface area contributed by atoms with E-state index in [0.29, 0.717) is 11.3 Å². The van der Waals surface area contributed by atoms with Crippen molar-refractivity contribution in [2.75, 3.05) is 12.4 Å². The Morgan fingerprint density at radius 1 is 1.18 bits per heavy atom. The molecule has 0 aromatic heterocycles. The van der Waals surface area contributed by atoms with Crippen LogP contribution >= 0.6 is 0 Å². The Morgan fingerprint density at radius 3 is 2.54 bits per heavy atom. The Morgan fingerprint density at radius 2 is 1.90 bits per heavy atom. The summed E-state index contributed by atoms with van der Waals surface area (Å²) in [5.74, 6) is -5.53. The molecule has 4 N–H and O–H groups in total. The molecule has 0 unspecified atom stereocenters. The molecule has 0 radical (unpaired) electrons. The van der Waals surface area contributed by atoms with Gasteiger partial charge >= 0.3 is 6.18 Å². The minimum atomic E-state index is -4.57. The van der Waals surface area contributed by atoms with E-state index in [2.05, 4.69) is 15.6 Å². The number of anilines is 1. The lowest BCUT2D eigenvalue weighted by molar-refractivity contribution is -0.146. The lowest BCUT2D eigenvalue weighted by Crippen LogP contribution is -2.48. The number of rotatable bonds is 10. The smallest absolute Gasteiger partial charge is 0.389 e. The number of halogens is 4. The zero-order valence-corrected chi connectivity index (χ0v) is 21.1. The van der Waals surface area contributed by atoms with Gasteiger partial charge in [-0.05, 0) is 37.0 Å². The number of benzodiazepines with no additional fused rings is 1. The van der Waals surface area contributed by atoms with Crippen LogP contribution in [0.15, 0.2) is 47.5 Å². The normalized spacial score (nSPS) is 18.6. The summed E-state index contributed by atoms with van der Waals surface area (Å²) in [6.45, 7) is 0. The SMILES string of the molecule is COc1cccc(C2=N[C@H](NC(=O)[C@H](CCC(F)(F)F)[C@H](CC3CC3)C(N)=O)C(=O)Nc3c(F)cccc32)c1. The summed E-state index contributed by atoms with van der Waals surface area (Å²) in [6, 6.07) is 10.7. The van der Waals surface area contributed by atoms with Crippen molar-refractivity contribution in [3.05, 3.63) is 59.4 Å². The Kier molecular flexibility index (Phi) is 8.22. The Labute approximate surface area is 222 Å². The summed E-state index contributed by atoms with van der Waals surface area (Å²) in [4.78, 5) is 43.1. The molecule has 3 amide bonds. The summed E-state index contributed by atoms with van der Waals surface area (Å²) >= 11 is 0. The minimum absolute atomic E-state index is 0.0972. The summed E-state index contributed by atoms with van der Waals surface area (Å²) in [5.41, 5.74) is 6.16. The molecule has 4 rings (SSSR count). The molecule has 1 aliphatic heterocycles. The molecule has 2 aromatic rings. The molecule has 8 nitrogen and oxygen atoms in total. The zero-order valence-electron chi connectivity index (χ0n) is 21.1.